The Morgan fingerprint density at radius 3 is 2.50 bits per heavy atom. The lowest BCUT2D eigenvalue weighted by Gasteiger charge is -2.32. The molecule has 5 N–H and O–H groups in total. The molecule has 0 aliphatic heterocycles. The number of nitrogens with zero attached hydrogens (tertiary/aromatic N) is 2. The Labute approximate surface area is 118 Å². The van der Waals surface area contributed by atoms with Gasteiger partial charge in [-0.3, -0.25) is 9.59 Å². The second-order valence-corrected chi connectivity index (χ2v) is 5.96. The van der Waals surface area contributed by atoms with Crippen LogP contribution in [0.4, 0.5) is 0 Å². The number of carbonyl (C=O) groups is 2. The second-order valence-electron chi connectivity index (χ2n) is 5.96. The van der Waals surface area contributed by atoms with E-state index < -0.39 is 11.9 Å². The Kier molecular flexibility index (Phi) is 5.26. The molecular weight excluding hydrogens is 258 g/mol. The van der Waals surface area contributed by atoms with E-state index in [1.165, 1.54) is 0 Å². The summed E-state index contributed by atoms with van der Waals surface area (Å²) in [4.78, 5) is 26.8. The monoisotopic (exact) mass is 281 g/mol. The van der Waals surface area contributed by atoms with E-state index in [0.717, 1.165) is 0 Å². The third-order valence-corrected chi connectivity index (χ3v) is 3.07. The smallest absolute Gasteiger partial charge is 0.237 e. The molecule has 1 aromatic rings. The number of aromatic nitrogens is 2. The molecule has 7 heteroatoms. The zero-order valence-electron chi connectivity index (χ0n) is 12.2. The van der Waals surface area contributed by atoms with Gasteiger partial charge in [-0.15, -0.1) is 0 Å². The van der Waals surface area contributed by atoms with Crippen LogP contribution in [0.25, 0.3) is 0 Å². The van der Waals surface area contributed by atoms with E-state index in [4.69, 9.17) is 11.5 Å². The Bertz CT molecular complexity index is 450. The van der Waals surface area contributed by atoms with Crippen LogP contribution in [0, 0.1) is 5.41 Å². The van der Waals surface area contributed by atoms with Crippen molar-refractivity contribution in [3.8, 4) is 0 Å². The predicted molar refractivity (Wildman–Crippen MR) is 75.4 cm³/mol. The molecule has 0 aliphatic rings. The number of hydrogen-bond donors (Lipinski definition) is 3. The lowest BCUT2D eigenvalue weighted by atomic mass is 9.86. The summed E-state index contributed by atoms with van der Waals surface area (Å²) in [7, 11) is 0. The molecule has 1 aromatic heterocycles. The van der Waals surface area contributed by atoms with Crippen molar-refractivity contribution < 1.29 is 9.59 Å². The molecule has 20 heavy (non-hydrogen) atoms. The lowest BCUT2D eigenvalue weighted by Crippen LogP contribution is -2.52. The highest BCUT2D eigenvalue weighted by Crippen LogP contribution is 2.20. The molecule has 0 saturated carbocycles. The van der Waals surface area contributed by atoms with Crippen LogP contribution in [0.2, 0.25) is 0 Å². The summed E-state index contributed by atoms with van der Waals surface area (Å²) in [5.41, 5.74) is 10.5. The standard InChI is InChI=1S/C13H23N5O2/c1-13(2,3)10(7-18-5-4-16-8-18)17-12(20)9(14)6-11(15)19/h4-5,8-10H,6-7,14H2,1-3H3,(H2,15,19)(H,17,20). The average Bonchev–Trinajstić information content (AvgIpc) is 2.78. The van der Waals surface area contributed by atoms with Gasteiger partial charge in [-0.25, -0.2) is 4.98 Å². The summed E-state index contributed by atoms with van der Waals surface area (Å²) in [6, 6.07) is -1.05. The van der Waals surface area contributed by atoms with Crippen molar-refractivity contribution in [3.05, 3.63) is 18.7 Å². The Balaban J connectivity index is 2.70. The van der Waals surface area contributed by atoms with Crippen LogP contribution in [0.5, 0.6) is 0 Å². The molecule has 0 radical (unpaired) electrons. The summed E-state index contributed by atoms with van der Waals surface area (Å²) < 4.78 is 1.88. The number of nitrogens with two attached hydrogens (primary N) is 2. The van der Waals surface area contributed by atoms with Gasteiger partial charge in [-0.2, -0.15) is 0 Å². The number of carbonyl (C=O) groups excluding carboxylic acids is 2. The van der Waals surface area contributed by atoms with E-state index in [1.807, 2.05) is 31.5 Å². The fourth-order valence-corrected chi connectivity index (χ4v) is 1.73. The number of nitrogens with one attached hydrogen (secondary N) is 1. The average molecular weight is 281 g/mol. The number of primary amides is 1. The summed E-state index contributed by atoms with van der Waals surface area (Å²) in [6.07, 6.45) is 5.04. The first-order chi connectivity index (χ1) is 9.20. The van der Waals surface area contributed by atoms with Crippen LogP contribution in [0.3, 0.4) is 0 Å². The summed E-state index contributed by atoms with van der Waals surface area (Å²) >= 11 is 0. The van der Waals surface area contributed by atoms with Crippen molar-refractivity contribution in [1.82, 2.24) is 14.9 Å². The highest BCUT2D eigenvalue weighted by Gasteiger charge is 2.28. The first kappa shape index (κ1) is 16.2. The van der Waals surface area contributed by atoms with Crippen molar-refractivity contribution in [2.75, 3.05) is 0 Å². The highest BCUT2D eigenvalue weighted by atomic mass is 16.2. The van der Waals surface area contributed by atoms with Gasteiger partial charge < -0.3 is 21.4 Å². The third-order valence-electron chi connectivity index (χ3n) is 3.07. The van der Waals surface area contributed by atoms with Gasteiger partial charge in [0.1, 0.15) is 0 Å². The minimum Gasteiger partial charge on any atom is -0.370 e. The normalized spacial score (nSPS) is 14.6. The molecule has 7 nitrogen and oxygen atoms in total. The Hall–Kier alpha value is -1.89. The van der Waals surface area contributed by atoms with Gasteiger partial charge in [0.25, 0.3) is 0 Å². The van der Waals surface area contributed by atoms with Gasteiger partial charge in [-0.1, -0.05) is 20.8 Å². The third kappa shape index (κ3) is 5.00. The molecule has 0 spiro atoms. The second kappa shape index (κ2) is 6.51. The number of amides is 2. The summed E-state index contributed by atoms with van der Waals surface area (Å²) in [5, 5.41) is 2.88. The van der Waals surface area contributed by atoms with Crippen LogP contribution in [-0.2, 0) is 16.1 Å². The minimum atomic E-state index is -0.917. The molecule has 1 heterocycles. The highest BCUT2D eigenvalue weighted by molar-refractivity contribution is 5.87. The molecule has 0 aromatic carbocycles. The fraction of sp³-hybridized carbons (Fsp3) is 0.615. The van der Waals surface area contributed by atoms with Crippen LogP contribution >= 0.6 is 0 Å². The van der Waals surface area contributed by atoms with Crippen molar-refractivity contribution in [1.29, 1.82) is 0 Å². The van der Waals surface area contributed by atoms with Gasteiger partial charge in [0.2, 0.25) is 11.8 Å². The SMILES string of the molecule is CC(C)(C)C(Cn1ccnc1)NC(=O)C(N)CC(N)=O. The van der Waals surface area contributed by atoms with Crippen molar-refractivity contribution in [3.63, 3.8) is 0 Å². The fourth-order valence-electron chi connectivity index (χ4n) is 1.73. The maximum atomic E-state index is 12.0. The van der Waals surface area contributed by atoms with Gasteiger partial charge in [0, 0.05) is 18.9 Å². The zero-order chi connectivity index (χ0) is 15.3. The zero-order valence-corrected chi connectivity index (χ0v) is 12.2. The maximum absolute atomic E-state index is 12.0. The summed E-state index contributed by atoms with van der Waals surface area (Å²) in [5.74, 6) is -0.960. The first-order valence-electron chi connectivity index (χ1n) is 6.50. The van der Waals surface area contributed by atoms with E-state index in [1.54, 1.807) is 12.5 Å². The molecule has 0 bridgehead atoms. The van der Waals surface area contributed by atoms with Gasteiger partial charge >= 0.3 is 0 Å². The van der Waals surface area contributed by atoms with Crippen LogP contribution < -0.4 is 16.8 Å². The lowest BCUT2D eigenvalue weighted by molar-refractivity contribution is -0.127. The predicted octanol–water partition coefficient (Wildman–Crippen LogP) is -0.383. The van der Waals surface area contributed by atoms with Crippen LogP contribution in [0.1, 0.15) is 27.2 Å². The molecule has 2 amide bonds. The molecular formula is C13H23N5O2. The minimum absolute atomic E-state index is 0.136. The van der Waals surface area contributed by atoms with Crippen molar-refractivity contribution >= 4 is 11.8 Å². The summed E-state index contributed by atoms with van der Waals surface area (Å²) in [6.45, 7) is 6.65. The van der Waals surface area contributed by atoms with E-state index in [0.29, 0.717) is 6.54 Å². The number of rotatable bonds is 6. The topological polar surface area (TPSA) is 116 Å². The van der Waals surface area contributed by atoms with E-state index in [2.05, 4.69) is 10.3 Å². The first-order valence-corrected chi connectivity index (χ1v) is 6.50. The molecule has 112 valence electrons. The molecule has 0 aliphatic carbocycles. The van der Waals surface area contributed by atoms with Gasteiger partial charge in [0.15, 0.2) is 0 Å². The quantitative estimate of drug-likeness (QED) is 0.658. The molecule has 2 unspecified atom stereocenters. The molecule has 0 saturated heterocycles. The van der Waals surface area contributed by atoms with Crippen LogP contribution in [0.15, 0.2) is 18.7 Å². The van der Waals surface area contributed by atoms with E-state index in [9.17, 15) is 9.59 Å². The van der Waals surface area contributed by atoms with E-state index in [-0.39, 0.29) is 23.8 Å². The molecule has 0 fully saturated rings. The Morgan fingerprint density at radius 2 is 2.05 bits per heavy atom. The molecule has 2 atom stereocenters. The maximum Gasteiger partial charge on any atom is 0.237 e. The van der Waals surface area contributed by atoms with Crippen molar-refractivity contribution in [2.45, 2.75) is 45.8 Å². The Morgan fingerprint density at radius 1 is 1.40 bits per heavy atom. The van der Waals surface area contributed by atoms with Crippen molar-refractivity contribution in [2.24, 2.45) is 16.9 Å². The number of imidazole rings is 1. The van der Waals surface area contributed by atoms with E-state index >= 15 is 0 Å². The largest absolute Gasteiger partial charge is 0.370 e. The molecule has 1 rings (SSSR count). The number of hydrogen-bond acceptors (Lipinski definition) is 4. The van der Waals surface area contributed by atoms with Gasteiger partial charge in [-0.05, 0) is 5.41 Å². The van der Waals surface area contributed by atoms with Crippen LogP contribution in [-0.4, -0.2) is 33.4 Å². The van der Waals surface area contributed by atoms with Gasteiger partial charge in [0.05, 0.1) is 24.8 Å².